The van der Waals surface area contributed by atoms with Gasteiger partial charge in [0.25, 0.3) is 5.91 Å². The molecule has 14 heavy (non-hydrogen) atoms. The highest BCUT2D eigenvalue weighted by atomic mass is 16.5. The van der Waals surface area contributed by atoms with Crippen molar-refractivity contribution in [1.29, 1.82) is 0 Å². The minimum Gasteiger partial charge on any atom is -0.481 e. The Morgan fingerprint density at radius 1 is 1.50 bits per heavy atom. The third kappa shape index (κ3) is 2.39. The summed E-state index contributed by atoms with van der Waals surface area (Å²) in [5.41, 5.74) is 12.2. The maximum Gasteiger partial charge on any atom is 0.258 e. The van der Waals surface area contributed by atoms with Crippen molar-refractivity contribution in [2.75, 3.05) is 5.73 Å². The van der Waals surface area contributed by atoms with Gasteiger partial charge in [-0.3, -0.25) is 4.79 Å². The molecule has 0 aliphatic rings. The average molecular weight is 194 g/mol. The highest BCUT2D eigenvalue weighted by Gasteiger charge is 2.11. The molecule has 0 radical (unpaired) electrons. The van der Waals surface area contributed by atoms with Gasteiger partial charge in [-0.25, -0.2) is 0 Å². The Hall–Kier alpha value is -1.71. The number of carbonyl (C=O) groups is 1. The number of benzene rings is 1. The first-order valence-corrected chi connectivity index (χ1v) is 4.33. The summed E-state index contributed by atoms with van der Waals surface area (Å²) >= 11 is 0. The average Bonchev–Trinajstić information content (AvgIpc) is 2.11. The van der Waals surface area contributed by atoms with Crippen LogP contribution in [0.1, 0.15) is 12.5 Å². The SMILES string of the molecule is Cc1ccc(N)cc1OC(C)C(N)=O. The first-order chi connectivity index (χ1) is 6.50. The van der Waals surface area contributed by atoms with Crippen LogP contribution >= 0.6 is 0 Å². The quantitative estimate of drug-likeness (QED) is 0.699. The van der Waals surface area contributed by atoms with Crippen molar-refractivity contribution >= 4 is 11.6 Å². The molecule has 1 aromatic carbocycles. The highest BCUT2D eigenvalue weighted by molar-refractivity contribution is 5.78. The van der Waals surface area contributed by atoms with Crippen molar-refractivity contribution in [3.8, 4) is 5.75 Å². The zero-order chi connectivity index (χ0) is 10.7. The highest BCUT2D eigenvalue weighted by Crippen LogP contribution is 2.21. The molecule has 4 N–H and O–H groups in total. The van der Waals surface area contributed by atoms with E-state index in [0.29, 0.717) is 11.4 Å². The molecule has 1 atom stereocenters. The van der Waals surface area contributed by atoms with Crippen LogP contribution < -0.4 is 16.2 Å². The van der Waals surface area contributed by atoms with Gasteiger partial charge >= 0.3 is 0 Å². The largest absolute Gasteiger partial charge is 0.481 e. The predicted octanol–water partition coefficient (Wildman–Crippen LogP) is 0.830. The molecule has 1 unspecified atom stereocenters. The van der Waals surface area contributed by atoms with Crippen LogP contribution in [-0.2, 0) is 4.79 Å². The molecule has 1 rings (SSSR count). The minimum absolute atomic E-state index is 0.494. The molecule has 0 saturated carbocycles. The number of primary amides is 1. The molecule has 0 spiro atoms. The summed E-state index contributed by atoms with van der Waals surface area (Å²) in [7, 11) is 0. The maximum absolute atomic E-state index is 10.8. The fourth-order valence-corrected chi connectivity index (χ4v) is 0.992. The summed E-state index contributed by atoms with van der Waals surface area (Å²) < 4.78 is 5.33. The Morgan fingerprint density at radius 2 is 2.14 bits per heavy atom. The van der Waals surface area contributed by atoms with E-state index in [1.807, 2.05) is 13.0 Å². The van der Waals surface area contributed by atoms with Gasteiger partial charge in [0.05, 0.1) is 0 Å². The van der Waals surface area contributed by atoms with Crippen molar-refractivity contribution in [2.24, 2.45) is 5.73 Å². The van der Waals surface area contributed by atoms with Gasteiger partial charge in [0.1, 0.15) is 5.75 Å². The van der Waals surface area contributed by atoms with E-state index in [4.69, 9.17) is 16.2 Å². The molecule has 1 aromatic rings. The Bertz CT molecular complexity index is 350. The second kappa shape index (κ2) is 4.00. The van der Waals surface area contributed by atoms with Gasteiger partial charge < -0.3 is 16.2 Å². The van der Waals surface area contributed by atoms with Gasteiger partial charge in [0.15, 0.2) is 6.10 Å². The summed E-state index contributed by atoms with van der Waals surface area (Å²) in [4.78, 5) is 10.8. The van der Waals surface area contributed by atoms with Crippen molar-refractivity contribution in [2.45, 2.75) is 20.0 Å². The fraction of sp³-hybridized carbons (Fsp3) is 0.300. The zero-order valence-corrected chi connectivity index (χ0v) is 8.28. The smallest absolute Gasteiger partial charge is 0.258 e. The van der Waals surface area contributed by atoms with Crippen LogP contribution in [0.2, 0.25) is 0 Å². The molecule has 0 aliphatic carbocycles. The Kier molecular flexibility index (Phi) is 2.96. The summed E-state index contributed by atoms with van der Waals surface area (Å²) in [6.07, 6.45) is -0.643. The van der Waals surface area contributed by atoms with Crippen LogP contribution in [0.15, 0.2) is 18.2 Å². The lowest BCUT2D eigenvalue weighted by atomic mass is 10.2. The van der Waals surface area contributed by atoms with E-state index in [2.05, 4.69) is 0 Å². The number of nitrogen functional groups attached to an aromatic ring is 1. The van der Waals surface area contributed by atoms with Gasteiger partial charge in [-0.1, -0.05) is 6.07 Å². The van der Waals surface area contributed by atoms with E-state index in [-0.39, 0.29) is 0 Å². The predicted molar refractivity (Wildman–Crippen MR) is 54.9 cm³/mol. The molecule has 0 bridgehead atoms. The lowest BCUT2D eigenvalue weighted by molar-refractivity contribution is -0.123. The van der Waals surface area contributed by atoms with Gasteiger partial charge in [-0.2, -0.15) is 0 Å². The molecule has 0 saturated heterocycles. The maximum atomic E-state index is 10.8. The number of carbonyl (C=O) groups excluding carboxylic acids is 1. The number of ether oxygens (including phenoxy) is 1. The fourth-order valence-electron chi connectivity index (χ4n) is 0.992. The van der Waals surface area contributed by atoms with Crippen molar-refractivity contribution in [3.63, 3.8) is 0 Å². The number of nitrogens with two attached hydrogens (primary N) is 2. The molecule has 4 nitrogen and oxygen atoms in total. The molecule has 76 valence electrons. The number of amides is 1. The van der Waals surface area contributed by atoms with E-state index in [9.17, 15) is 4.79 Å². The first-order valence-electron chi connectivity index (χ1n) is 4.33. The van der Waals surface area contributed by atoms with Crippen LogP contribution in [0.25, 0.3) is 0 Å². The molecule has 1 amide bonds. The van der Waals surface area contributed by atoms with Crippen molar-refractivity contribution in [1.82, 2.24) is 0 Å². The number of hydrogen-bond donors (Lipinski definition) is 2. The zero-order valence-electron chi connectivity index (χ0n) is 8.28. The number of rotatable bonds is 3. The monoisotopic (exact) mass is 194 g/mol. The molecule has 0 aromatic heterocycles. The van der Waals surface area contributed by atoms with Gasteiger partial charge in [0.2, 0.25) is 0 Å². The van der Waals surface area contributed by atoms with Gasteiger partial charge in [-0.05, 0) is 25.5 Å². The number of aryl methyl sites for hydroxylation is 1. The van der Waals surface area contributed by atoms with Crippen LogP contribution in [0.4, 0.5) is 5.69 Å². The lowest BCUT2D eigenvalue weighted by Gasteiger charge is -2.13. The van der Waals surface area contributed by atoms with E-state index < -0.39 is 12.0 Å². The summed E-state index contributed by atoms with van der Waals surface area (Å²) in [6, 6.07) is 5.28. The third-order valence-electron chi connectivity index (χ3n) is 1.92. The minimum atomic E-state index is -0.643. The van der Waals surface area contributed by atoms with E-state index in [1.165, 1.54) is 0 Å². The topological polar surface area (TPSA) is 78.3 Å². The second-order valence-corrected chi connectivity index (χ2v) is 3.19. The standard InChI is InChI=1S/C10H14N2O2/c1-6-3-4-8(11)5-9(6)14-7(2)10(12)13/h3-5,7H,11H2,1-2H3,(H2,12,13). The molecule has 4 heteroatoms. The summed E-state index contributed by atoms with van der Waals surface area (Å²) in [5.74, 6) is 0.100. The van der Waals surface area contributed by atoms with Crippen molar-refractivity contribution < 1.29 is 9.53 Å². The Balaban J connectivity index is 2.85. The van der Waals surface area contributed by atoms with E-state index in [1.54, 1.807) is 19.1 Å². The third-order valence-corrected chi connectivity index (χ3v) is 1.92. The normalized spacial score (nSPS) is 12.1. The van der Waals surface area contributed by atoms with Crippen LogP contribution in [0.3, 0.4) is 0 Å². The molecule has 0 heterocycles. The van der Waals surface area contributed by atoms with Gasteiger partial charge in [0, 0.05) is 11.8 Å². The summed E-state index contributed by atoms with van der Waals surface area (Å²) in [6.45, 7) is 3.48. The van der Waals surface area contributed by atoms with E-state index in [0.717, 1.165) is 5.56 Å². The Morgan fingerprint density at radius 3 is 2.71 bits per heavy atom. The van der Waals surface area contributed by atoms with Crippen molar-refractivity contribution in [3.05, 3.63) is 23.8 Å². The van der Waals surface area contributed by atoms with Gasteiger partial charge in [-0.15, -0.1) is 0 Å². The van der Waals surface area contributed by atoms with E-state index >= 15 is 0 Å². The molecular formula is C10H14N2O2. The lowest BCUT2D eigenvalue weighted by Crippen LogP contribution is -2.30. The van der Waals surface area contributed by atoms with Crippen LogP contribution in [-0.4, -0.2) is 12.0 Å². The first kappa shape index (κ1) is 10.4. The number of hydrogen-bond acceptors (Lipinski definition) is 3. The summed E-state index contributed by atoms with van der Waals surface area (Å²) in [5, 5.41) is 0. The number of anilines is 1. The van der Waals surface area contributed by atoms with Crippen LogP contribution in [0.5, 0.6) is 5.75 Å². The van der Waals surface area contributed by atoms with Crippen LogP contribution in [0, 0.1) is 6.92 Å². The second-order valence-electron chi connectivity index (χ2n) is 3.19. The molecule has 0 fully saturated rings. The molecule has 0 aliphatic heterocycles. The molecular weight excluding hydrogens is 180 g/mol. The Labute approximate surface area is 82.8 Å².